The Morgan fingerprint density at radius 1 is 1.12 bits per heavy atom. The number of carbonyl (C=O) groups excluding carboxylic acids is 3. The fraction of sp³-hybridized carbons (Fsp3) is 0.421. The maximum Gasteiger partial charge on any atom is 0.244 e. The van der Waals surface area contributed by atoms with E-state index in [1.807, 2.05) is 25.1 Å². The van der Waals surface area contributed by atoms with E-state index in [9.17, 15) is 14.4 Å². The molecule has 4 atom stereocenters. The number of imide groups is 1. The quantitative estimate of drug-likeness (QED) is 0.684. The number of carbonyl (C=O) groups is 3. The topological polar surface area (TPSA) is 66.5 Å². The van der Waals surface area contributed by atoms with E-state index in [4.69, 9.17) is 0 Å². The first kappa shape index (κ1) is 15.1. The van der Waals surface area contributed by atoms with E-state index in [0.717, 1.165) is 18.4 Å². The number of nitrogens with zero attached hydrogens (tertiary/aromatic N) is 1. The Bertz CT molecular complexity index is 723. The average molecular weight is 324 g/mol. The summed E-state index contributed by atoms with van der Waals surface area (Å²) in [4.78, 5) is 38.8. The number of anilines is 1. The highest BCUT2D eigenvalue weighted by Gasteiger charge is 2.56. The molecule has 0 spiro atoms. The Hall–Kier alpha value is -2.43. The summed E-state index contributed by atoms with van der Waals surface area (Å²) in [5.41, 5.74) is 1.72. The smallest absolute Gasteiger partial charge is 0.244 e. The zero-order valence-electron chi connectivity index (χ0n) is 13.6. The molecule has 5 rings (SSSR count). The molecule has 4 aliphatic rings. The van der Waals surface area contributed by atoms with Crippen molar-refractivity contribution in [2.24, 2.45) is 23.7 Å². The summed E-state index contributed by atoms with van der Waals surface area (Å²) in [5.74, 6) is -0.892. The molecule has 0 unspecified atom stereocenters. The minimum Gasteiger partial charge on any atom is -0.325 e. The maximum atomic E-state index is 12.7. The van der Waals surface area contributed by atoms with Gasteiger partial charge >= 0.3 is 0 Å². The van der Waals surface area contributed by atoms with Gasteiger partial charge in [0.15, 0.2) is 0 Å². The molecule has 2 fully saturated rings. The van der Waals surface area contributed by atoms with Crippen molar-refractivity contribution in [2.45, 2.75) is 19.8 Å². The van der Waals surface area contributed by atoms with Crippen LogP contribution >= 0.6 is 0 Å². The molecule has 1 aromatic carbocycles. The van der Waals surface area contributed by atoms with Gasteiger partial charge in [-0.05, 0) is 49.3 Å². The van der Waals surface area contributed by atoms with Crippen LogP contribution in [0.1, 0.15) is 18.4 Å². The molecule has 5 nitrogen and oxygen atoms in total. The largest absolute Gasteiger partial charge is 0.325 e. The zero-order chi connectivity index (χ0) is 16.8. The number of rotatable bonds is 3. The van der Waals surface area contributed by atoms with Crippen molar-refractivity contribution in [3.63, 3.8) is 0 Å². The summed E-state index contributed by atoms with van der Waals surface area (Å²) in [6, 6.07) is 7.45. The number of allylic oxidation sites excluding steroid dienone is 2. The van der Waals surface area contributed by atoms with Crippen molar-refractivity contribution >= 4 is 23.4 Å². The summed E-state index contributed by atoms with van der Waals surface area (Å²) in [5, 5.41) is 2.77. The third kappa shape index (κ3) is 2.35. The molecule has 1 N–H and O–H groups in total. The minimum absolute atomic E-state index is 0.154. The normalized spacial score (nSPS) is 30.6. The molecule has 0 aromatic heterocycles. The first-order chi connectivity index (χ1) is 11.5. The number of likely N-dealkylation sites (tertiary alicyclic amines) is 1. The van der Waals surface area contributed by atoms with Crippen molar-refractivity contribution in [3.05, 3.63) is 42.0 Å². The number of hydrogen-bond acceptors (Lipinski definition) is 3. The Kier molecular flexibility index (Phi) is 3.52. The van der Waals surface area contributed by atoms with Crippen LogP contribution in [0.25, 0.3) is 0 Å². The molecular formula is C19H20N2O3. The molecule has 124 valence electrons. The molecule has 1 heterocycles. The van der Waals surface area contributed by atoms with Crippen LogP contribution in [0.15, 0.2) is 36.4 Å². The number of amides is 3. The van der Waals surface area contributed by atoms with Gasteiger partial charge < -0.3 is 5.32 Å². The maximum absolute atomic E-state index is 12.7. The van der Waals surface area contributed by atoms with E-state index in [0.29, 0.717) is 5.69 Å². The summed E-state index contributed by atoms with van der Waals surface area (Å²) in [6.45, 7) is 1.74. The van der Waals surface area contributed by atoms with Crippen molar-refractivity contribution in [1.82, 2.24) is 4.90 Å². The van der Waals surface area contributed by atoms with Gasteiger partial charge in [0.05, 0.1) is 11.8 Å². The van der Waals surface area contributed by atoms with Gasteiger partial charge in [-0.25, -0.2) is 0 Å². The van der Waals surface area contributed by atoms with Crippen LogP contribution in [-0.4, -0.2) is 29.2 Å². The van der Waals surface area contributed by atoms with E-state index in [2.05, 4.69) is 17.5 Å². The van der Waals surface area contributed by atoms with Gasteiger partial charge in [-0.2, -0.15) is 0 Å². The first-order valence-corrected chi connectivity index (χ1v) is 8.44. The Balaban J connectivity index is 1.48. The van der Waals surface area contributed by atoms with Crippen LogP contribution < -0.4 is 5.32 Å². The summed E-state index contributed by atoms with van der Waals surface area (Å²) >= 11 is 0. The molecule has 2 bridgehead atoms. The summed E-state index contributed by atoms with van der Waals surface area (Å²) < 4.78 is 0. The SMILES string of the molecule is Cc1cccc(NC(=O)CN2C(=O)[C@@H]3[C@H](C2=O)[C@H]2C=C[C@H]3CC2)c1. The van der Waals surface area contributed by atoms with Gasteiger partial charge in [0, 0.05) is 5.69 Å². The van der Waals surface area contributed by atoms with Gasteiger partial charge in [0.1, 0.15) is 6.54 Å². The molecule has 1 saturated carbocycles. The molecule has 0 radical (unpaired) electrons. The second-order valence-electron chi connectivity index (χ2n) is 7.02. The van der Waals surface area contributed by atoms with Crippen molar-refractivity contribution in [1.29, 1.82) is 0 Å². The minimum atomic E-state index is -0.332. The third-order valence-corrected chi connectivity index (χ3v) is 5.45. The molecule has 1 saturated heterocycles. The van der Waals surface area contributed by atoms with E-state index in [1.54, 1.807) is 6.07 Å². The van der Waals surface area contributed by atoms with Gasteiger partial charge in [0.25, 0.3) is 0 Å². The van der Waals surface area contributed by atoms with Crippen molar-refractivity contribution < 1.29 is 14.4 Å². The molecule has 1 aliphatic heterocycles. The Labute approximate surface area is 140 Å². The lowest BCUT2D eigenvalue weighted by Gasteiger charge is -2.38. The van der Waals surface area contributed by atoms with Crippen LogP contribution in [0.5, 0.6) is 0 Å². The summed E-state index contributed by atoms with van der Waals surface area (Å²) in [6.07, 6.45) is 6.09. The molecule has 24 heavy (non-hydrogen) atoms. The zero-order valence-corrected chi connectivity index (χ0v) is 13.6. The van der Waals surface area contributed by atoms with Gasteiger partial charge in [0.2, 0.25) is 17.7 Å². The van der Waals surface area contributed by atoms with Crippen LogP contribution in [0.2, 0.25) is 0 Å². The van der Waals surface area contributed by atoms with Crippen molar-refractivity contribution in [2.75, 3.05) is 11.9 Å². The third-order valence-electron chi connectivity index (χ3n) is 5.45. The highest BCUT2D eigenvalue weighted by atomic mass is 16.2. The highest BCUT2D eigenvalue weighted by Crippen LogP contribution is 2.49. The average Bonchev–Trinajstić information content (AvgIpc) is 2.83. The molecule has 3 amide bonds. The highest BCUT2D eigenvalue weighted by molar-refractivity contribution is 6.09. The molecule has 3 aliphatic carbocycles. The van der Waals surface area contributed by atoms with Crippen molar-refractivity contribution in [3.8, 4) is 0 Å². The first-order valence-electron chi connectivity index (χ1n) is 8.44. The molecule has 1 aromatic rings. The number of hydrogen-bond donors (Lipinski definition) is 1. The predicted octanol–water partition coefficient (Wildman–Crippen LogP) is 2.13. The standard InChI is InChI=1S/C19H20N2O3/c1-11-3-2-4-14(9-11)20-15(22)10-21-18(23)16-12-5-6-13(8-7-12)17(16)19(21)24/h2-6,9,12-13,16-17H,7-8,10H2,1H3,(H,20,22)/t12-,13-,16-,17+/m0/s1. The summed E-state index contributed by atoms with van der Waals surface area (Å²) in [7, 11) is 0. The lowest BCUT2D eigenvalue weighted by Crippen LogP contribution is -2.38. The van der Waals surface area contributed by atoms with Gasteiger partial charge in [-0.15, -0.1) is 0 Å². The molecular weight excluding hydrogens is 304 g/mol. The van der Waals surface area contributed by atoms with Gasteiger partial charge in [-0.1, -0.05) is 24.3 Å². The second kappa shape index (κ2) is 5.58. The van der Waals surface area contributed by atoms with E-state index < -0.39 is 0 Å². The second-order valence-corrected chi connectivity index (χ2v) is 7.02. The fourth-order valence-electron chi connectivity index (χ4n) is 4.36. The number of aryl methyl sites for hydroxylation is 1. The fourth-order valence-corrected chi connectivity index (χ4v) is 4.36. The van der Waals surface area contributed by atoms with Crippen LogP contribution in [0.3, 0.4) is 0 Å². The van der Waals surface area contributed by atoms with E-state index in [1.165, 1.54) is 4.90 Å². The Morgan fingerprint density at radius 2 is 1.75 bits per heavy atom. The van der Waals surface area contributed by atoms with Crippen LogP contribution in [0, 0.1) is 30.6 Å². The lowest BCUT2D eigenvalue weighted by atomic mass is 9.63. The Morgan fingerprint density at radius 3 is 2.29 bits per heavy atom. The number of fused-ring (bicyclic) bond motifs is 1. The van der Waals surface area contributed by atoms with E-state index in [-0.39, 0.29) is 47.9 Å². The number of nitrogens with one attached hydrogen (secondary N) is 1. The number of benzene rings is 1. The predicted molar refractivity (Wildman–Crippen MR) is 88.9 cm³/mol. The van der Waals surface area contributed by atoms with Gasteiger partial charge in [-0.3, -0.25) is 19.3 Å². The van der Waals surface area contributed by atoms with Crippen LogP contribution in [0.4, 0.5) is 5.69 Å². The monoisotopic (exact) mass is 324 g/mol. The van der Waals surface area contributed by atoms with Crippen LogP contribution in [-0.2, 0) is 14.4 Å². The molecule has 5 heteroatoms. The lowest BCUT2D eigenvalue weighted by molar-refractivity contribution is -0.142. The van der Waals surface area contributed by atoms with E-state index >= 15 is 0 Å².